The van der Waals surface area contributed by atoms with Crippen LogP contribution in [0, 0.1) is 6.07 Å². The maximum atomic E-state index is 11.6. The average molecular weight is 912 g/mol. The van der Waals surface area contributed by atoms with Crippen LogP contribution in [0.4, 0.5) is 0 Å². The third kappa shape index (κ3) is 6.65. The Balaban J connectivity index is 0.00000441. The first-order chi connectivity index (χ1) is 26.4. The predicted molar refractivity (Wildman–Crippen MR) is 226 cm³/mol. The molecule has 0 bridgehead atoms. The molecule has 5 nitrogen and oxygen atoms in total. The van der Waals surface area contributed by atoms with Crippen molar-refractivity contribution in [2.75, 3.05) is 0 Å². The fraction of sp³-hybridized carbons (Fsp3) is 0.160. The molecule has 3 heterocycles. The Labute approximate surface area is 342 Å². The van der Waals surface area contributed by atoms with Crippen LogP contribution >= 0.6 is 0 Å². The van der Waals surface area contributed by atoms with Crippen LogP contribution in [0.15, 0.2) is 144 Å². The van der Waals surface area contributed by atoms with Gasteiger partial charge in [0.1, 0.15) is 22.7 Å². The second-order valence-corrected chi connectivity index (χ2v) is 16.4. The SMILES string of the molecule is CC(C)(C)c1ccc(-c2ccnc(-c3[c-]c(-c4cccc5c4nc(-c4cc6c(cc4O)oc4ccccc46)n5-c4ccccc4)cc(C(C)(C)C)c3)c2)cc1.[Pt]. The van der Waals surface area contributed by atoms with Gasteiger partial charge in [0.2, 0.25) is 0 Å². The van der Waals surface area contributed by atoms with E-state index >= 15 is 0 Å². The van der Waals surface area contributed by atoms with Crippen molar-refractivity contribution in [3.05, 3.63) is 157 Å². The molecule has 0 unspecified atom stereocenters. The van der Waals surface area contributed by atoms with Gasteiger partial charge in [0.05, 0.1) is 16.6 Å². The van der Waals surface area contributed by atoms with Crippen molar-refractivity contribution >= 4 is 33.0 Å². The molecular weight excluding hydrogens is 870 g/mol. The molecule has 1 N–H and O–H groups in total. The van der Waals surface area contributed by atoms with Crippen molar-refractivity contribution in [3.8, 4) is 56.3 Å². The van der Waals surface area contributed by atoms with Crippen molar-refractivity contribution in [3.63, 3.8) is 0 Å². The van der Waals surface area contributed by atoms with Gasteiger partial charge in [0, 0.05) is 55.5 Å². The predicted octanol–water partition coefficient (Wildman–Crippen LogP) is 13.1. The molecule has 3 aromatic heterocycles. The van der Waals surface area contributed by atoms with Crippen molar-refractivity contribution in [1.29, 1.82) is 0 Å². The summed E-state index contributed by atoms with van der Waals surface area (Å²) in [7, 11) is 0. The summed E-state index contributed by atoms with van der Waals surface area (Å²) in [5.41, 5.74) is 13.0. The van der Waals surface area contributed by atoms with Gasteiger partial charge in [-0.25, -0.2) is 4.98 Å². The zero-order valence-electron chi connectivity index (χ0n) is 32.3. The first-order valence-electron chi connectivity index (χ1n) is 18.8. The Bertz CT molecular complexity index is 2890. The molecule has 56 heavy (non-hydrogen) atoms. The topological polar surface area (TPSA) is 64.1 Å². The zero-order chi connectivity index (χ0) is 38.1. The molecule has 9 rings (SSSR count). The fourth-order valence-electron chi connectivity index (χ4n) is 7.48. The second kappa shape index (κ2) is 14.1. The second-order valence-electron chi connectivity index (χ2n) is 16.4. The van der Waals surface area contributed by atoms with E-state index in [1.165, 1.54) is 11.1 Å². The summed E-state index contributed by atoms with van der Waals surface area (Å²) in [4.78, 5) is 10.3. The van der Waals surface area contributed by atoms with E-state index in [1.54, 1.807) is 6.07 Å². The standard InChI is InChI=1S/C50H42N3O2.Pt/c1-49(2,3)35-21-19-31(20-22-35)32-23-24-51-42(28-32)34-25-33(26-36(27-34)50(4,5)6)38-16-12-17-43-47(38)52-48(53(43)37-13-8-7-9-14-37)41-29-40-39-15-10-11-18-45(39)55-46(40)30-44(41)54;/h7-24,26-30,54H,1-6H3;/q-1;. The van der Waals surface area contributed by atoms with Gasteiger partial charge in [0.25, 0.3) is 0 Å². The third-order valence-corrected chi connectivity index (χ3v) is 10.6. The van der Waals surface area contributed by atoms with Gasteiger partial charge in [-0.05, 0) is 63.9 Å². The van der Waals surface area contributed by atoms with Gasteiger partial charge >= 0.3 is 0 Å². The van der Waals surface area contributed by atoms with Gasteiger partial charge < -0.3 is 9.52 Å². The molecule has 0 spiro atoms. The van der Waals surface area contributed by atoms with E-state index in [9.17, 15) is 5.11 Å². The summed E-state index contributed by atoms with van der Waals surface area (Å²) in [6.45, 7) is 13.4. The Morgan fingerprint density at radius 1 is 0.607 bits per heavy atom. The van der Waals surface area contributed by atoms with Gasteiger partial charge in [-0.3, -0.25) is 9.55 Å². The van der Waals surface area contributed by atoms with Crippen LogP contribution < -0.4 is 0 Å². The molecule has 9 aromatic rings. The van der Waals surface area contributed by atoms with Crippen LogP contribution in [0.3, 0.4) is 0 Å². The molecule has 0 saturated heterocycles. The molecule has 0 aliphatic heterocycles. The number of hydrogen-bond acceptors (Lipinski definition) is 4. The first-order valence-corrected chi connectivity index (χ1v) is 18.8. The minimum absolute atomic E-state index is 0. The molecular formula is C50H42N3O2Pt-. The van der Waals surface area contributed by atoms with E-state index in [0.29, 0.717) is 17.0 Å². The molecule has 0 saturated carbocycles. The number of hydrogen-bond donors (Lipinski definition) is 1. The maximum Gasteiger partial charge on any atom is 0.148 e. The Hall–Kier alpha value is -5.77. The summed E-state index contributed by atoms with van der Waals surface area (Å²) < 4.78 is 8.25. The number of aromatic hydroxyl groups is 1. The number of imidazole rings is 1. The molecule has 0 aliphatic carbocycles. The van der Waals surface area contributed by atoms with Gasteiger partial charge in [0.15, 0.2) is 0 Å². The number of benzene rings is 6. The van der Waals surface area contributed by atoms with Crippen LogP contribution in [0.25, 0.3) is 83.6 Å². The Morgan fingerprint density at radius 2 is 1.32 bits per heavy atom. The summed E-state index contributed by atoms with van der Waals surface area (Å²) in [5, 5.41) is 13.5. The van der Waals surface area contributed by atoms with Crippen LogP contribution in [-0.2, 0) is 31.9 Å². The van der Waals surface area contributed by atoms with Crippen molar-refractivity contribution in [2.24, 2.45) is 0 Å². The summed E-state index contributed by atoms with van der Waals surface area (Å²) in [5.74, 6) is 0.737. The number of fused-ring (bicyclic) bond motifs is 4. The maximum absolute atomic E-state index is 11.6. The zero-order valence-corrected chi connectivity index (χ0v) is 34.6. The monoisotopic (exact) mass is 911 g/mol. The molecule has 280 valence electrons. The number of nitrogens with zero attached hydrogens (tertiary/aromatic N) is 3. The first kappa shape index (κ1) is 37.2. The van der Waals surface area contributed by atoms with E-state index in [0.717, 1.165) is 66.6 Å². The molecule has 0 fully saturated rings. The normalized spacial score (nSPS) is 12.0. The number of para-hydroxylation sites is 3. The van der Waals surface area contributed by atoms with Gasteiger partial charge in [-0.15, -0.1) is 29.3 Å². The summed E-state index contributed by atoms with van der Waals surface area (Å²) >= 11 is 0. The largest absolute Gasteiger partial charge is 0.507 e. The molecule has 0 amide bonds. The number of phenolic OH excluding ortho intramolecular Hbond substituents is 1. The van der Waals surface area contributed by atoms with Crippen molar-refractivity contribution in [2.45, 2.75) is 52.4 Å². The minimum atomic E-state index is -0.143. The molecule has 6 aromatic carbocycles. The fourth-order valence-corrected chi connectivity index (χ4v) is 7.48. The quantitative estimate of drug-likeness (QED) is 0.175. The number of pyridine rings is 1. The Morgan fingerprint density at radius 3 is 2.07 bits per heavy atom. The number of phenols is 1. The third-order valence-electron chi connectivity index (χ3n) is 10.6. The van der Waals surface area contributed by atoms with E-state index in [4.69, 9.17) is 14.4 Å². The van der Waals surface area contributed by atoms with Gasteiger partial charge in [-0.2, -0.15) is 0 Å². The number of furan rings is 1. The number of aromatic nitrogens is 3. The molecule has 6 heteroatoms. The Kier molecular flexibility index (Phi) is 9.33. The van der Waals surface area contributed by atoms with Crippen LogP contribution in [0.5, 0.6) is 5.75 Å². The van der Waals surface area contributed by atoms with E-state index in [2.05, 4.69) is 131 Å². The van der Waals surface area contributed by atoms with Gasteiger partial charge in [-0.1, -0.05) is 132 Å². The molecule has 0 atom stereocenters. The average Bonchev–Trinajstić information content (AvgIpc) is 3.75. The minimum Gasteiger partial charge on any atom is -0.507 e. The van der Waals surface area contributed by atoms with E-state index in [1.807, 2.05) is 54.7 Å². The molecule has 0 aliphatic rings. The van der Waals surface area contributed by atoms with Crippen molar-refractivity contribution in [1.82, 2.24) is 14.5 Å². The van der Waals surface area contributed by atoms with Crippen LogP contribution in [0.1, 0.15) is 52.7 Å². The van der Waals surface area contributed by atoms with Crippen molar-refractivity contribution < 1.29 is 30.6 Å². The van der Waals surface area contributed by atoms with E-state index in [-0.39, 0.29) is 37.6 Å². The van der Waals surface area contributed by atoms with Crippen LogP contribution in [-0.4, -0.2) is 19.6 Å². The summed E-state index contributed by atoms with van der Waals surface area (Å²) in [6.07, 6.45) is 1.89. The van der Waals surface area contributed by atoms with Crippen LogP contribution in [0.2, 0.25) is 0 Å². The summed E-state index contributed by atoms with van der Waals surface area (Å²) in [6, 6.07) is 49.4. The molecule has 0 radical (unpaired) electrons. The number of rotatable bonds is 5. The smallest absolute Gasteiger partial charge is 0.148 e. The van der Waals surface area contributed by atoms with E-state index < -0.39 is 0 Å².